The Morgan fingerprint density at radius 3 is 2.31 bits per heavy atom. The highest BCUT2D eigenvalue weighted by Gasteiger charge is 2.22. The largest absolute Gasteiger partial charge is 0.479 e. The van der Waals surface area contributed by atoms with Gasteiger partial charge in [0.05, 0.1) is 6.04 Å². The molecule has 1 unspecified atom stereocenters. The summed E-state index contributed by atoms with van der Waals surface area (Å²) in [5.41, 5.74) is 5.88. The van der Waals surface area contributed by atoms with E-state index in [1.165, 1.54) is 6.92 Å². The Bertz CT molecular complexity index is 376. The Labute approximate surface area is 93.3 Å². The molecular formula is C11H14N2O3. The molecule has 1 rings (SSSR count). The van der Waals surface area contributed by atoms with Gasteiger partial charge in [-0.05, 0) is 12.5 Å². The van der Waals surface area contributed by atoms with Crippen LogP contribution in [0.4, 0.5) is 0 Å². The van der Waals surface area contributed by atoms with E-state index in [1.807, 2.05) is 0 Å². The Kier molecular flexibility index (Phi) is 4.02. The van der Waals surface area contributed by atoms with Gasteiger partial charge in [0.25, 0.3) is 0 Å². The van der Waals surface area contributed by atoms with Crippen molar-refractivity contribution < 1.29 is 14.7 Å². The lowest BCUT2D eigenvalue weighted by molar-refractivity contribution is -0.142. The molecule has 0 aliphatic carbocycles. The van der Waals surface area contributed by atoms with E-state index in [1.54, 1.807) is 30.3 Å². The second kappa shape index (κ2) is 5.27. The average Bonchev–Trinajstić information content (AvgIpc) is 2.26. The maximum atomic E-state index is 11.3. The predicted octanol–water partition coefficient (Wildman–Crippen LogP) is 0.276. The Hall–Kier alpha value is -1.88. The van der Waals surface area contributed by atoms with E-state index in [0.717, 1.165) is 0 Å². The standard InChI is InChI=1S/C11H14N2O3/c1-7(12)10(14)13-9(11(15)16)8-5-3-2-4-6-8/h2-7,9H,12H2,1H3,(H,13,14)(H,15,16)/t7?,9-/m1/s1. The minimum atomic E-state index is -1.11. The summed E-state index contributed by atoms with van der Waals surface area (Å²) in [6.07, 6.45) is 0. The van der Waals surface area contributed by atoms with Gasteiger partial charge in [0.2, 0.25) is 5.91 Å². The van der Waals surface area contributed by atoms with Crippen molar-refractivity contribution in [2.75, 3.05) is 0 Å². The van der Waals surface area contributed by atoms with Gasteiger partial charge in [-0.2, -0.15) is 0 Å². The first-order valence-electron chi connectivity index (χ1n) is 4.86. The minimum absolute atomic E-state index is 0.490. The molecule has 0 aliphatic rings. The molecule has 0 aliphatic heterocycles. The monoisotopic (exact) mass is 222 g/mol. The second-order valence-corrected chi connectivity index (χ2v) is 3.48. The Balaban J connectivity index is 2.85. The van der Waals surface area contributed by atoms with Crippen LogP contribution in [-0.4, -0.2) is 23.0 Å². The van der Waals surface area contributed by atoms with Gasteiger partial charge in [-0.1, -0.05) is 30.3 Å². The fraction of sp³-hybridized carbons (Fsp3) is 0.273. The molecule has 5 heteroatoms. The zero-order valence-corrected chi connectivity index (χ0v) is 8.88. The van der Waals surface area contributed by atoms with E-state index >= 15 is 0 Å². The summed E-state index contributed by atoms with van der Waals surface area (Å²) in [7, 11) is 0. The van der Waals surface area contributed by atoms with Gasteiger partial charge in [0.15, 0.2) is 6.04 Å². The molecule has 0 heterocycles. The number of carbonyl (C=O) groups is 2. The fourth-order valence-corrected chi connectivity index (χ4v) is 1.21. The van der Waals surface area contributed by atoms with Crippen molar-refractivity contribution in [3.05, 3.63) is 35.9 Å². The van der Waals surface area contributed by atoms with Gasteiger partial charge < -0.3 is 16.2 Å². The van der Waals surface area contributed by atoms with Crippen molar-refractivity contribution in [1.82, 2.24) is 5.32 Å². The molecule has 1 aromatic carbocycles. The van der Waals surface area contributed by atoms with Crippen LogP contribution in [0.25, 0.3) is 0 Å². The highest BCUT2D eigenvalue weighted by molar-refractivity contribution is 5.87. The molecule has 86 valence electrons. The first kappa shape index (κ1) is 12.2. The molecule has 16 heavy (non-hydrogen) atoms. The molecular weight excluding hydrogens is 208 g/mol. The molecule has 1 amide bonds. The highest BCUT2D eigenvalue weighted by atomic mass is 16.4. The van der Waals surface area contributed by atoms with Crippen LogP contribution >= 0.6 is 0 Å². The van der Waals surface area contributed by atoms with E-state index in [9.17, 15) is 9.59 Å². The minimum Gasteiger partial charge on any atom is -0.479 e. The molecule has 0 spiro atoms. The number of aliphatic carboxylic acids is 1. The number of rotatable bonds is 4. The summed E-state index contributed by atoms with van der Waals surface area (Å²) in [6, 6.07) is 6.69. The molecule has 0 saturated carbocycles. The summed E-state index contributed by atoms with van der Waals surface area (Å²) in [5, 5.41) is 11.4. The molecule has 0 radical (unpaired) electrons. The maximum absolute atomic E-state index is 11.3. The third kappa shape index (κ3) is 3.06. The number of carboxylic acid groups (broad SMARTS) is 1. The van der Waals surface area contributed by atoms with Gasteiger partial charge in [-0.3, -0.25) is 4.79 Å². The van der Waals surface area contributed by atoms with Crippen LogP contribution in [0.1, 0.15) is 18.5 Å². The van der Waals surface area contributed by atoms with Crippen molar-refractivity contribution in [2.45, 2.75) is 19.0 Å². The van der Waals surface area contributed by atoms with Crippen LogP contribution in [0.5, 0.6) is 0 Å². The third-order valence-corrected chi connectivity index (χ3v) is 2.08. The van der Waals surface area contributed by atoms with Crippen molar-refractivity contribution >= 4 is 11.9 Å². The van der Waals surface area contributed by atoms with E-state index in [2.05, 4.69) is 5.32 Å². The third-order valence-electron chi connectivity index (χ3n) is 2.08. The molecule has 5 nitrogen and oxygen atoms in total. The van der Waals surface area contributed by atoms with Crippen molar-refractivity contribution in [2.24, 2.45) is 5.73 Å². The normalized spacial score (nSPS) is 13.9. The smallest absolute Gasteiger partial charge is 0.330 e. The Morgan fingerprint density at radius 2 is 1.88 bits per heavy atom. The number of amides is 1. The number of carboxylic acids is 1. The summed E-state index contributed by atoms with van der Waals surface area (Å²) in [6.45, 7) is 1.50. The molecule has 0 aromatic heterocycles. The molecule has 4 N–H and O–H groups in total. The molecule has 0 fully saturated rings. The second-order valence-electron chi connectivity index (χ2n) is 3.48. The molecule has 0 bridgehead atoms. The summed E-state index contributed by atoms with van der Waals surface area (Å²) in [5.74, 6) is -1.60. The number of carbonyl (C=O) groups excluding carboxylic acids is 1. The van der Waals surface area contributed by atoms with Crippen LogP contribution in [0.15, 0.2) is 30.3 Å². The van der Waals surface area contributed by atoms with Gasteiger partial charge >= 0.3 is 5.97 Å². The van der Waals surface area contributed by atoms with Crippen LogP contribution in [0, 0.1) is 0 Å². The number of nitrogens with one attached hydrogen (secondary N) is 1. The van der Waals surface area contributed by atoms with Crippen LogP contribution in [0.3, 0.4) is 0 Å². The van der Waals surface area contributed by atoms with Gasteiger partial charge in [0, 0.05) is 0 Å². The van der Waals surface area contributed by atoms with Crippen molar-refractivity contribution in [3.8, 4) is 0 Å². The SMILES string of the molecule is CC(N)C(=O)N[C@@H](C(=O)O)c1ccccc1. The highest BCUT2D eigenvalue weighted by Crippen LogP contribution is 2.12. The summed E-state index contributed by atoms with van der Waals surface area (Å²) < 4.78 is 0. The summed E-state index contributed by atoms with van der Waals surface area (Å²) >= 11 is 0. The molecule has 2 atom stereocenters. The first-order chi connectivity index (χ1) is 7.52. The number of hydrogen-bond donors (Lipinski definition) is 3. The Morgan fingerprint density at radius 1 is 1.31 bits per heavy atom. The number of hydrogen-bond acceptors (Lipinski definition) is 3. The van der Waals surface area contributed by atoms with Crippen LogP contribution in [0.2, 0.25) is 0 Å². The van der Waals surface area contributed by atoms with Crippen LogP contribution < -0.4 is 11.1 Å². The fourth-order valence-electron chi connectivity index (χ4n) is 1.21. The van der Waals surface area contributed by atoms with Crippen LogP contribution in [-0.2, 0) is 9.59 Å². The number of nitrogens with two attached hydrogens (primary N) is 1. The van der Waals surface area contributed by atoms with Gasteiger partial charge in [0.1, 0.15) is 0 Å². The van der Waals surface area contributed by atoms with Gasteiger partial charge in [-0.25, -0.2) is 4.79 Å². The lowest BCUT2D eigenvalue weighted by Crippen LogP contribution is -2.42. The zero-order valence-electron chi connectivity index (χ0n) is 8.88. The molecule has 1 aromatic rings. The predicted molar refractivity (Wildman–Crippen MR) is 58.6 cm³/mol. The van der Waals surface area contributed by atoms with Crippen molar-refractivity contribution in [1.29, 1.82) is 0 Å². The quantitative estimate of drug-likeness (QED) is 0.682. The first-order valence-corrected chi connectivity index (χ1v) is 4.86. The van der Waals surface area contributed by atoms with E-state index in [-0.39, 0.29) is 0 Å². The van der Waals surface area contributed by atoms with Gasteiger partial charge in [-0.15, -0.1) is 0 Å². The van der Waals surface area contributed by atoms with Crippen molar-refractivity contribution in [3.63, 3.8) is 0 Å². The van der Waals surface area contributed by atoms with E-state index in [4.69, 9.17) is 10.8 Å². The maximum Gasteiger partial charge on any atom is 0.330 e. The van der Waals surface area contributed by atoms with E-state index in [0.29, 0.717) is 5.56 Å². The zero-order chi connectivity index (χ0) is 12.1. The lowest BCUT2D eigenvalue weighted by atomic mass is 10.1. The summed E-state index contributed by atoms with van der Waals surface area (Å²) in [4.78, 5) is 22.3. The topological polar surface area (TPSA) is 92.4 Å². The number of benzene rings is 1. The molecule has 0 saturated heterocycles. The van der Waals surface area contributed by atoms with E-state index < -0.39 is 24.0 Å². The average molecular weight is 222 g/mol. The lowest BCUT2D eigenvalue weighted by Gasteiger charge is -2.16.